The lowest BCUT2D eigenvalue weighted by Gasteiger charge is -2.12. The third-order valence-electron chi connectivity index (χ3n) is 1.83. The topological polar surface area (TPSA) is 72.4 Å². The Morgan fingerprint density at radius 1 is 1.36 bits per heavy atom. The van der Waals surface area contributed by atoms with Crippen molar-refractivity contribution in [3.63, 3.8) is 0 Å². The standard InChI is InChI=1S/C9H13N3O2/c10-6-7-11(12(13)14)8-9-4-2-1-3-5-9/h1-5H,6-8,10H2. The fraction of sp³-hybridized carbons (Fsp3) is 0.333. The Kier molecular flexibility index (Phi) is 3.87. The summed E-state index contributed by atoms with van der Waals surface area (Å²) in [5.74, 6) is 0. The van der Waals surface area contributed by atoms with E-state index in [1.807, 2.05) is 30.3 Å². The van der Waals surface area contributed by atoms with E-state index in [1.54, 1.807) is 0 Å². The van der Waals surface area contributed by atoms with Gasteiger partial charge in [0.25, 0.3) is 0 Å². The van der Waals surface area contributed by atoms with Crippen LogP contribution in [0, 0.1) is 10.1 Å². The summed E-state index contributed by atoms with van der Waals surface area (Å²) in [5, 5.41) is 11.3. The van der Waals surface area contributed by atoms with Crippen LogP contribution >= 0.6 is 0 Å². The minimum absolute atomic E-state index is 0.266. The number of hydrazine groups is 1. The first-order valence-corrected chi connectivity index (χ1v) is 4.37. The molecule has 0 fully saturated rings. The highest BCUT2D eigenvalue weighted by atomic mass is 16.7. The first-order valence-electron chi connectivity index (χ1n) is 4.37. The lowest BCUT2D eigenvalue weighted by molar-refractivity contribution is -0.659. The van der Waals surface area contributed by atoms with Crippen LogP contribution in [0.3, 0.4) is 0 Å². The molecule has 0 spiro atoms. The van der Waals surface area contributed by atoms with Crippen LogP contribution in [0.2, 0.25) is 0 Å². The molecule has 76 valence electrons. The summed E-state index contributed by atoms with van der Waals surface area (Å²) in [6, 6.07) is 9.30. The molecule has 0 aliphatic rings. The summed E-state index contributed by atoms with van der Waals surface area (Å²) in [6.07, 6.45) is 0. The minimum atomic E-state index is -0.417. The number of nitro groups is 1. The Morgan fingerprint density at radius 2 is 2.00 bits per heavy atom. The molecular formula is C9H13N3O2. The maximum atomic E-state index is 10.6. The van der Waals surface area contributed by atoms with Crippen molar-refractivity contribution in [2.75, 3.05) is 13.1 Å². The van der Waals surface area contributed by atoms with Gasteiger partial charge in [-0.15, -0.1) is 5.01 Å². The molecule has 0 amide bonds. The molecule has 0 radical (unpaired) electrons. The number of hydrogen-bond acceptors (Lipinski definition) is 3. The second-order valence-electron chi connectivity index (χ2n) is 2.90. The van der Waals surface area contributed by atoms with Crippen molar-refractivity contribution in [3.8, 4) is 0 Å². The molecule has 1 aromatic rings. The monoisotopic (exact) mass is 195 g/mol. The van der Waals surface area contributed by atoms with E-state index in [2.05, 4.69) is 0 Å². The van der Waals surface area contributed by atoms with Crippen LogP contribution in [0.25, 0.3) is 0 Å². The highest BCUT2D eigenvalue weighted by Gasteiger charge is 2.12. The van der Waals surface area contributed by atoms with E-state index in [9.17, 15) is 10.1 Å². The molecule has 2 N–H and O–H groups in total. The lowest BCUT2D eigenvalue weighted by atomic mass is 10.2. The molecule has 14 heavy (non-hydrogen) atoms. The fourth-order valence-corrected chi connectivity index (χ4v) is 1.16. The number of nitrogens with zero attached hydrogens (tertiary/aromatic N) is 2. The van der Waals surface area contributed by atoms with Crippen molar-refractivity contribution in [1.82, 2.24) is 5.01 Å². The minimum Gasteiger partial charge on any atom is -0.329 e. The summed E-state index contributed by atoms with van der Waals surface area (Å²) >= 11 is 0. The third-order valence-corrected chi connectivity index (χ3v) is 1.83. The molecule has 0 unspecified atom stereocenters. The van der Waals surface area contributed by atoms with Gasteiger partial charge in [-0.3, -0.25) is 0 Å². The Hall–Kier alpha value is -1.62. The second-order valence-corrected chi connectivity index (χ2v) is 2.90. The van der Waals surface area contributed by atoms with Crippen LogP contribution in [0.5, 0.6) is 0 Å². The summed E-state index contributed by atoms with van der Waals surface area (Å²) in [5.41, 5.74) is 6.19. The van der Waals surface area contributed by atoms with Gasteiger partial charge in [0.1, 0.15) is 6.54 Å². The summed E-state index contributed by atoms with van der Waals surface area (Å²) < 4.78 is 0. The van der Waals surface area contributed by atoms with Crippen LogP contribution in [-0.2, 0) is 6.54 Å². The first-order chi connectivity index (χ1) is 6.74. The van der Waals surface area contributed by atoms with Gasteiger partial charge in [-0.2, -0.15) is 0 Å². The molecule has 0 aliphatic carbocycles. The molecule has 0 saturated heterocycles. The van der Waals surface area contributed by atoms with Gasteiger partial charge in [-0.1, -0.05) is 30.3 Å². The van der Waals surface area contributed by atoms with Crippen LogP contribution < -0.4 is 5.73 Å². The van der Waals surface area contributed by atoms with Gasteiger partial charge in [0.15, 0.2) is 5.03 Å². The number of rotatable bonds is 5. The molecular weight excluding hydrogens is 182 g/mol. The summed E-state index contributed by atoms with van der Waals surface area (Å²) in [6.45, 7) is 0.848. The SMILES string of the molecule is NCCN(Cc1ccccc1)[N+](=O)[O-]. The van der Waals surface area contributed by atoms with Gasteiger partial charge in [-0.25, -0.2) is 10.1 Å². The van der Waals surface area contributed by atoms with E-state index >= 15 is 0 Å². The van der Waals surface area contributed by atoms with Crippen molar-refractivity contribution >= 4 is 0 Å². The average molecular weight is 195 g/mol. The maximum Gasteiger partial charge on any atom is 0.160 e. The molecule has 0 aliphatic heterocycles. The smallest absolute Gasteiger partial charge is 0.160 e. The number of nitrogens with two attached hydrogens (primary N) is 1. The number of hydrogen-bond donors (Lipinski definition) is 1. The molecule has 5 nitrogen and oxygen atoms in total. The highest BCUT2D eigenvalue weighted by molar-refractivity contribution is 5.13. The fourth-order valence-electron chi connectivity index (χ4n) is 1.16. The molecule has 0 bridgehead atoms. The van der Waals surface area contributed by atoms with Crippen LogP contribution in [-0.4, -0.2) is 23.1 Å². The molecule has 0 heterocycles. The van der Waals surface area contributed by atoms with Gasteiger partial charge in [-0.05, 0) is 5.56 Å². The van der Waals surface area contributed by atoms with Crippen LogP contribution in [0.15, 0.2) is 30.3 Å². The van der Waals surface area contributed by atoms with Crippen molar-refractivity contribution in [2.45, 2.75) is 6.54 Å². The third kappa shape index (κ3) is 3.02. The zero-order chi connectivity index (χ0) is 10.4. The van der Waals surface area contributed by atoms with E-state index in [0.29, 0.717) is 6.54 Å². The van der Waals surface area contributed by atoms with Crippen molar-refractivity contribution in [2.24, 2.45) is 5.73 Å². The van der Waals surface area contributed by atoms with E-state index < -0.39 is 5.03 Å². The molecule has 0 atom stereocenters. The van der Waals surface area contributed by atoms with Crippen LogP contribution in [0.4, 0.5) is 0 Å². The van der Waals surface area contributed by atoms with Gasteiger partial charge >= 0.3 is 0 Å². The normalized spacial score (nSPS) is 9.79. The van der Waals surface area contributed by atoms with Crippen molar-refractivity contribution in [3.05, 3.63) is 46.0 Å². The molecule has 1 rings (SSSR count). The zero-order valence-electron chi connectivity index (χ0n) is 7.80. The predicted molar refractivity (Wildman–Crippen MR) is 52.9 cm³/mol. The lowest BCUT2D eigenvalue weighted by Crippen LogP contribution is -2.34. The van der Waals surface area contributed by atoms with Crippen molar-refractivity contribution in [1.29, 1.82) is 0 Å². The first kappa shape index (κ1) is 10.5. The van der Waals surface area contributed by atoms with Gasteiger partial charge in [0, 0.05) is 6.54 Å². The Labute approximate surface area is 82.2 Å². The maximum absolute atomic E-state index is 10.6. The van der Waals surface area contributed by atoms with Crippen LogP contribution in [0.1, 0.15) is 5.56 Å². The van der Waals surface area contributed by atoms with E-state index in [0.717, 1.165) is 10.6 Å². The Bertz CT molecular complexity index is 289. The summed E-state index contributed by atoms with van der Waals surface area (Å²) in [7, 11) is 0. The second kappa shape index (κ2) is 5.18. The van der Waals surface area contributed by atoms with Gasteiger partial charge < -0.3 is 5.73 Å². The molecule has 1 aromatic carbocycles. The zero-order valence-corrected chi connectivity index (χ0v) is 7.80. The quantitative estimate of drug-likeness (QED) is 0.552. The number of benzene rings is 1. The van der Waals surface area contributed by atoms with Gasteiger partial charge in [0.2, 0.25) is 0 Å². The summed E-state index contributed by atoms with van der Waals surface area (Å²) in [4.78, 5) is 10.6. The van der Waals surface area contributed by atoms with Gasteiger partial charge in [0.05, 0.1) is 6.54 Å². The molecule has 0 aromatic heterocycles. The van der Waals surface area contributed by atoms with E-state index in [-0.39, 0.29) is 13.1 Å². The Morgan fingerprint density at radius 3 is 2.50 bits per heavy atom. The Balaban J connectivity index is 2.60. The largest absolute Gasteiger partial charge is 0.329 e. The molecule has 5 heteroatoms. The average Bonchev–Trinajstić information content (AvgIpc) is 2.18. The molecule has 0 saturated carbocycles. The van der Waals surface area contributed by atoms with E-state index in [4.69, 9.17) is 5.73 Å². The van der Waals surface area contributed by atoms with Crippen molar-refractivity contribution < 1.29 is 5.03 Å². The predicted octanol–water partition coefficient (Wildman–Crippen LogP) is 0.639. The van der Waals surface area contributed by atoms with E-state index in [1.165, 1.54) is 0 Å². The highest BCUT2D eigenvalue weighted by Crippen LogP contribution is 2.03.